The average molecular weight is 264 g/mol. The summed E-state index contributed by atoms with van der Waals surface area (Å²) in [5, 5.41) is 4.91. The third-order valence-corrected chi connectivity index (χ3v) is 4.80. The second kappa shape index (κ2) is 4.39. The number of imide groups is 1. The normalized spacial score (nSPS) is 21.9. The van der Waals surface area contributed by atoms with Gasteiger partial charge in [-0.1, -0.05) is 18.9 Å². The number of nitrogens with zero attached hydrogens (tertiary/aromatic N) is 1. The van der Waals surface area contributed by atoms with Gasteiger partial charge < -0.3 is 5.32 Å². The Kier molecular flexibility index (Phi) is 2.86. The summed E-state index contributed by atoms with van der Waals surface area (Å²) in [7, 11) is 0. The van der Waals surface area contributed by atoms with Gasteiger partial charge >= 0.3 is 6.03 Å². The van der Waals surface area contributed by atoms with Crippen LogP contribution in [0.2, 0.25) is 0 Å². The predicted molar refractivity (Wildman–Crippen MR) is 69.5 cm³/mol. The molecule has 1 saturated heterocycles. The molecule has 1 saturated carbocycles. The molecule has 2 fully saturated rings. The van der Waals surface area contributed by atoms with Crippen molar-refractivity contribution in [2.45, 2.75) is 37.6 Å². The van der Waals surface area contributed by atoms with E-state index in [1.165, 1.54) is 9.78 Å². The number of carbonyl (C=O) groups is 2. The van der Waals surface area contributed by atoms with Gasteiger partial charge in [-0.05, 0) is 30.7 Å². The lowest BCUT2D eigenvalue weighted by molar-refractivity contribution is -0.131. The van der Waals surface area contributed by atoms with Crippen LogP contribution in [0.5, 0.6) is 0 Å². The quantitative estimate of drug-likeness (QED) is 0.850. The highest BCUT2D eigenvalue weighted by Crippen LogP contribution is 2.35. The van der Waals surface area contributed by atoms with E-state index in [2.05, 4.69) is 5.32 Å². The third-order valence-electron chi connectivity index (χ3n) is 3.86. The number of hydrogen-bond acceptors (Lipinski definition) is 3. The van der Waals surface area contributed by atoms with Crippen LogP contribution < -0.4 is 5.32 Å². The summed E-state index contributed by atoms with van der Waals surface area (Å²) >= 11 is 1.66. The fourth-order valence-corrected chi connectivity index (χ4v) is 3.57. The Morgan fingerprint density at radius 3 is 2.78 bits per heavy atom. The van der Waals surface area contributed by atoms with Gasteiger partial charge in [-0.25, -0.2) is 4.79 Å². The van der Waals surface area contributed by atoms with Crippen molar-refractivity contribution in [3.63, 3.8) is 0 Å². The predicted octanol–water partition coefficient (Wildman–Crippen LogP) is 2.16. The van der Waals surface area contributed by atoms with Gasteiger partial charge in [-0.3, -0.25) is 9.69 Å². The van der Waals surface area contributed by atoms with Crippen molar-refractivity contribution in [2.75, 3.05) is 6.54 Å². The zero-order chi connectivity index (χ0) is 12.6. The van der Waals surface area contributed by atoms with Crippen LogP contribution in [0.15, 0.2) is 17.5 Å². The van der Waals surface area contributed by atoms with E-state index >= 15 is 0 Å². The summed E-state index contributed by atoms with van der Waals surface area (Å²) < 4.78 is 0. The van der Waals surface area contributed by atoms with Crippen molar-refractivity contribution in [3.05, 3.63) is 22.4 Å². The van der Waals surface area contributed by atoms with E-state index < -0.39 is 5.54 Å². The van der Waals surface area contributed by atoms with Gasteiger partial charge in [-0.2, -0.15) is 0 Å². The van der Waals surface area contributed by atoms with E-state index in [-0.39, 0.29) is 11.9 Å². The van der Waals surface area contributed by atoms with Gasteiger partial charge in [0.15, 0.2) is 0 Å². The summed E-state index contributed by atoms with van der Waals surface area (Å²) in [4.78, 5) is 26.9. The zero-order valence-corrected chi connectivity index (χ0v) is 11.0. The van der Waals surface area contributed by atoms with Gasteiger partial charge in [-0.15, -0.1) is 11.3 Å². The lowest BCUT2D eigenvalue weighted by Gasteiger charge is -2.19. The maximum absolute atomic E-state index is 12.3. The summed E-state index contributed by atoms with van der Waals surface area (Å²) in [6.07, 6.45) is 4.42. The smallest absolute Gasteiger partial charge is 0.323 e. The van der Waals surface area contributed by atoms with Gasteiger partial charge in [0, 0.05) is 11.4 Å². The minimum Gasteiger partial charge on any atom is -0.323 e. The number of urea groups is 1. The Hall–Kier alpha value is -1.36. The molecular formula is C13H16N2O2S. The number of hydrogen-bond donors (Lipinski definition) is 1. The summed E-state index contributed by atoms with van der Waals surface area (Å²) in [6, 6.07) is 3.82. The number of nitrogens with one attached hydrogen (secondary N) is 1. The molecule has 1 aliphatic carbocycles. The van der Waals surface area contributed by atoms with E-state index in [0.29, 0.717) is 6.54 Å². The molecule has 3 amide bonds. The highest BCUT2D eigenvalue weighted by molar-refractivity contribution is 7.09. The first-order valence-corrected chi connectivity index (χ1v) is 7.26. The molecule has 1 aromatic rings. The Bertz CT molecular complexity index is 463. The van der Waals surface area contributed by atoms with Crippen LogP contribution in [-0.4, -0.2) is 28.9 Å². The van der Waals surface area contributed by atoms with E-state index in [1.54, 1.807) is 11.3 Å². The van der Waals surface area contributed by atoms with Gasteiger partial charge in [0.05, 0.1) is 0 Å². The van der Waals surface area contributed by atoms with E-state index in [0.717, 1.165) is 32.1 Å². The molecule has 96 valence electrons. The van der Waals surface area contributed by atoms with Crippen molar-refractivity contribution in [2.24, 2.45) is 0 Å². The SMILES string of the molecule is O=C1NC2(CCCC2)C(=O)N1CCc1cccs1. The van der Waals surface area contributed by atoms with Crippen LogP contribution in [0.1, 0.15) is 30.6 Å². The molecule has 0 radical (unpaired) electrons. The summed E-state index contributed by atoms with van der Waals surface area (Å²) in [5.74, 6) is -0.0124. The van der Waals surface area contributed by atoms with Crippen molar-refractivity contribution in [3.8, 4) is 0 Å². The summed E-state index contributed by atoms with van der Waals surface area (Å²) in [5.41, 5.74) is -0.563. The third kappa shape index (κ3) is 1.82. The molecule has 0 bridgehead atoms. The lowest BCUT2D eigenvalue weighted by atomic mass is 9.98. The average Bonchev–Trinajstić information content (AvgIpc) is 3.03. The number of carbonyl (C=O) groups excluding carboxylic acids is 2. The van der Waals surface area contributed by atoms with E-state index in [4.69, 9.17) is 0 Å². The molecule has 2 aliphatic rings. The largest absolute Gasteiger partial charge is 0.325 e. The first-order chi connectivity index (χ1) is 8.71. The van der Waals surface area contributed by atoms with Crippen molar-refractivity contribution < 1.29 is 9.59 Å². The number of rotatable bonds is 3. The highest BCUT2D eigenvalue weighted by atomic mass is 32.1. The summed E-state index contributed by atoms with van der Waals surface area (Å²) in [6.45, 7) is 0.493. The molecule has 0 atom stereocenters. The topological polar surface area (TPSA) is 49.4 Å². The second-order valence-electron chi connectivity index (χ2n) is 5.01. The molecule has 3 rings (SSSR count). The maximum atomic E-state index is 12.3. The van der Waals surface area contributed by atoms with Gasteiger partial charge in [0.25, 0.3) is 5.91 Å². The molecule has 4 nitrogen and oxygen atoms in total. The molecule has 0 unspecified atom stereocenters. The maximum Gasteiger partial charge on any atom is 0.325 e. The Morgan fingerprint density at radius 1 is 1.33 bits per heavy atom. The Labute approximate surface area is 110 Å². The number of amides is 3. The molecule has 1 N–H and O–H groups in total. The van der Waals surface area contributed by atoms with Gasteiger partial charge in [0.1, 0.15) is 5.54 Å². The monoisotopic (exact) mass is 264 g/mol. The highest BCUT2D eigenvalue weighted by Gasteiger charge is 2.51. The minimum absolute atomic E-state index is 0.0124. The van der Waals surface area contributed by atoms with Crippen LogP contribution in [0.25, 0.3) is 0 Å². The molecule has 1 spiro atoms. The lowest BCUT2D eigenvalue weighted by Crippen LogP contribution is -2.44. The van der Waals surface area contributed by atoms with Crippen LogP contribution in [0.3, 0.4) is 0 Å². The molecule has 2 heterocycles. The first-order valence-electron chi connectivity index (χ1n) is 6.38. The molecule has 0 aromatic carbocycles. The molecular weight excluding hydrogens is 248 g/mol. The van der Waals surface area contributed by atoms with Crippen molar-refractivity contribution in [1.29, 1.82) is 0 Å². The fourth-order valence-electron chi connectivity index (χ4n) is 2.87. The molecule has 1 aromatic heterocycles. The van der Waals surface area contributed by atoms with E-state index in [9.17, 15) is 9.59 Å². The van der Waals surface area contributed by atoms with Crippen LogP contribution in [0.4, 0.5) is 4.79 Å². The second-order valence-corrected chi connectivity index (χ2v) is 6.04. The van der Waals surface area contributed by atoms with E-state index in [1.807, 2.05) is 17.5 Å². The number of thiophene rings is 1. The fraction of sp³-hybridized carbons (Fsp3) is 0.538. The zero-order valence-electron chi connectivity index (χ0n) is 10.1. The molecule has 1 aliphatic heterocycles. The van der Waals surface area contributed by atoms with Gasteiger partial charge in [0.2, 0.25) is 0 Å². The molecule has 18 heavy (non-hydrogen) atoms. The molecule has 5 heteroatoms. The Morgan fingerprint density at radius 2 is 2.11 bits per heavy atom. The Balaban J connectivity index is 1.69. The van der Waals surface area contributed by atoms with Crippen LogP contribution in [-0.2, 0) is 11.2 Å². The first kappa shape index (κ1) is 11.7. The standard InChI is InChI=1S/C13H16N2O2S/c16-11-13(6-1-2-7-13)14-12(17)15(11)8-5-10-4-3-9-18-10/h3-4,9H,1-2,5-8H2,(H,14,17). The van der Waals surface area contributed by atoms with Crippen molar-refractivity contribution in [1.82, 2.24) is 10.2 Å². The van der Waals surface area contributed by atoms with Crippen LogP contribution in [0, 0.1) is 0 Å². The van der Waals surface area contributed by atoms with Crippen LogP contribution >= 0.6 is 11.3 Å². The van der Waals surface area contributed by atoms with Crippen molar-refractivity contribution >= 4 is 23.3 Å². The minimum atomic E-state index is -0.563.